The van der Waals surface area contributed by atoms with Gasteiger partial charge >= 0.3 is 0 Å². The normalized spacial score (nSPS) is 10.2. The third kappa shape index (κ3) is 5.58. The zero-order valence-corrected chi connectivity index (χ0v) is 17.0. The largest absolute Gasteiger partial charge is 0.482 e. The van der Waals surface area contributed by atoms with Gasteiger partial charge in [-0.2, -0.15) is 0 Å². The summed E-state index contributed by atoms with van der Waals surface area (Å²) >= 11 is 9.37. The molecule has 2 amide bonds. The first-order chi connectivity index (χ1) is 13.5. The minimum absolute atomic E-state index is 0.207. The topological polar surface area (TPSA) is 67.4 Å². The molecule has 0 fully saturated rings. The molecular weight excluding hydrogens is 444 g/mol. The first-order valence-corrected chi connectivity index (χ1v) is 9.52. The molecule has 0 aliphatic rings. The summed E-state index contributed by atoms with van der Waals surface area (Å²) in [5.41, 5.74) is 1.62. The Balaban J connectivity index is 1.59. The maximum absolute atomic E-state index is 12.4. The van der Waals surface area contributed by atoms with Crippen LogP contribution in [0.25, 0.3) is 0 Å². The Morgan fingerprint density at radius 2 is 1.64 bits per heavy atom. The number of benzene rings is 3. The highest BCUT2D eigenvalue weighted by Gasteiger charge is 2.10. The van der Waals surface area contributed by atoms with E-state index in [1.807, 2.05) is 18.2 Å². The lowest BCUT2D eigenvalue weighted by atomic mass is 10.2. The lowest BCUT2D eigenvalue weighted by Gasteiger charge is -2.10. The number of hydrogen-bond donors (Lipinski definition) is 2. The zero-order chi connectivity index (χ0) is 19.9. The molecule has 5 nitrogen and oxygen atoms in total. The molecule has 0 bridgehead atoms. The highest BCUT2D eigenvalue weighted by molar-refractivity contribution is 9.10. The Kier molecular flexibility index (Phi) is 6.68. The van der Waals surface area contributed by atoms with Gasteiger partial charge in [0.05, 0.1) is 5.02 Å². The Hall–Kier alpha value is -2.83. The van der Waals surface area contributed by atoms with E-state index in [-0.39, 0.29) is 18.4 Å². The summed E-state index contributed by atoms with van der Waals surface area (Å²) in [5, 5.41) is 5.91. The number of carbonyl (C=O) groups excluding carboxylic acids is 2. The predicted molar refractivity (Wildman–Crippen MR) is 114 cm³/mol. The van der Waals surface area contributed by atoms with E-state index in [2.05, 4.69) is 26.6 Å². The van der Waals surface area contributed by atoms with E-state index in [0.717, 1.165) is 4.47 Å². The molecule has 0 spiro atoms. The molecule has 0 saturated heterocycles. The van der Waals surface area contributed by atoms with Crippen LogP contribution in [0.1, 0.15) is 10.4 Å². The van der Waals surface area contributed by atoms with Crippen LogP contribution in [0.3, 0.4) is 0 Å². The van der Waals surface area contributed by atoms with Crippen molar-refractivity contribution in [3.8, 4) is 5.75 Å². The maximum atomic E-state index is 12.4. The molecule has 2 N–H and O–H groups in total. The van der Waals surface area contributed by atoms with Gasteiger partial charge in [0, 0.05) is 21.4 Å². The van der Waals surface area contributed by atoms with Crippen LogP contribution in [-0.2, 0) is 4.79 Å². The number of halogens is 2. The Morgan fingerprint density at radius 1 is 0.893 bits per heavy atom. The standard InChI is InChI=1S/C21H16BrClN2O3/c22-15-9-10-19(18(23)12-15)28-13-20(26)24-17-8-4-5-14(11-17)21(27)25-16-6-2-1-3-7-16/h1-12H,13H2,(H,24,26)(H,25,27). The second kappa shape index (κ2) is 9.39. The Bertz CT molecular complexity index is 996. The summed E-state index contributed by atoms with van der Waals surface area (Å²) in [6.45, 7) is -0.207. The minimum atomic E-state index is -0.361. The van der Waals surface area contributed by atoms with Crippen LogP contribution in [0.4, 0.5) is 11.4 Å². The molecule has 0 aromatic heterocycles. The fourth-order valence-corrected chi connectivity index (χ4v) is 3.12. The maximum Gasteiger partial charge on any atom is 0.262 e. The molecule has 142 valence electrons. The van der Waals surface area contributed by atoms with Gasteiger partial charge < -0.3 is 15.4 Å². The van der Waals surface area contributed by atoms with Gasteiger partial charge in [0.1, 0.15) is 5.75 Å². The Morgan fingerprint density at radius 3 is 2.39 bits per heavy atom. The summed E-state index contributed by atoms with van der Waals surface area (Å²) in [7, 11) is 0. The molecule has 7 heteroatoms. The quantitative estimate of drug-likeness (QED) is 0.520. The van der Waals surface area contributed by atoms with Gasteiger partial charge in [-0.25, -0.2) is 0 Å². The summed E-state index contributed by atoms with van der Waals surface area (Å²) in [6.07, 6.45) is 0. The molecular formula is C21H16BrClN2O3. The SMILES string of the molecule is O=C(COc1ccc(Br)cc1Cl)Nc1cccc(C(=O)Nc2ccccc2)c1. The lowest BCUT2D eigenvalue weighted by molar-refractivity contribution is -0.118. The average molecular weight is 460 g/mol. The molecule has 0 saturated carbocycles. The summed E-state index contributed by atoms with van der Waals surface area (Å²) in [6, 6.07) is 20.9. The number of rotatable bonds is 6. The molecule has 3 aromatic rings. The van der Waals surface area contributed by atoms with Crippen molar-refractivity contribution in [2.75, 3.05) is 17.2 Å². The van der Waals surface area contributed by atoms with Gasteiger partial charge in [0.25, 0.3) is 11.8 Å². The van der Waals surface area contributed by atoms with Crippen LogP contribution in [0.15, 0.2) is 77.3 Å². The van der Waals surface area contributed by atoms with Crippen LogP contribution >= 0.6 is 27.5 Å². The second-order valence-corrected chi connectivity index (χ2v) is 7.14. The lowest BCUT2D eigenvalue weighted by Crippen LogP contribution is -2.20. The van der Waals surface area contributed by atoms with Gasteiger partial charge in [-0.15, -0.1) is 0 Å². The highest BCUT2D eigenvalue weighted by atomic mass is 79.9. The molecule has 0 unspecified atom stereocenters. The third-order valence-electron chi connectivity index (χ3n) is 3.69. The first-order valence-electron chi connectivity index (χ1n) is 8.35. The second-order valence-electron chi connectivity index (χ2n) is 5.81. The van der Waals surface area contributed by atoms with Crippen molar-refractivity contribution in [1.82, 2.24) is 0 Å². The number of amides is 2. The number of anilines is 2. The van der Waals surface area contributed by atoms with Crippen molar-refractivity contribution < 1.29 is 14.3 Å². The number of para-hydroxylation sites is 1. The van der Waals surface area contributed by atoms with Crippen molar-refractivity contribution in [2.24, 2.45) is 0 Å². The van der Waals surface area contributed by atoms with Crippen molar-refractivity contribution in [3.05, 3.63) is 87.9 Å². The van der Waals surface area contributed by atoms with E-state index in [1.54, 1.807) is 54.6 Å². The molecule has 3 rings (SSSR count). The number of ether oxygens (including phenoxy) is 1. The van der Waals surface area contributed by atoms with Crippen LogP contribution in [0.5, 0.6) is 5.75 Å². The Labute approximate surface area is 175 Å². The number of nitrogens with one attached hydrogen (secondary N) is 2. The molecule has 3 aromatic carbocycles. The van der Waals surface area contributed by atoms with Crippen LogP contribution in [0, 0.1) is 0 Å². The molecule has 28 heavy (non-hydrogen) atoms. The highest BCUT2D eigenvalue weighted by Crippen LogP contribution is 2.27. The first kappa shape index (κ1) is 19.9. The fraction of sp³-hybridized carbons (Fsp3) is 0.0476. The van der Waals surface area contributed by atoms with E-state index in [9.17, 15) is 9.59 Å². The van der Waals surface area contributed by atoms with Gasteiger partial charge in [-0.05, 0) is 48.5 Å². The average Bonchev–Trinajstić information content (AvgIpc) is 2.68. The summed E-state index contributed by atoms with van der Waals surface area (Å²) in [5.74, 6) is -0.212. The van der Waals surface area contributed by atoms with Crippen molar-refractivity contribution >= 4 is 50.7 Å². The van der Waals surface area contributed by atoms with E-state index < -0.39 is 0 Å². The van der Waals surface area contributed by atoms with Gasteiger partial charge in [0.15, 0.2) is 6.61 Å². The number of hydrogen-bond acceptors (Lipinski definition) is 3. The monoisotopic (exact) mass is 458 g/mol. The van der Waals surface area contributed by atoms with E-state index in [4.69, 9.17) is 16.3 Å². The third-order valence-corrected chi connectivity index (χ3v) is 4.48. The van der Waals surface area contributed by atoms with Crippen LogP contribution in [0.2, 0.25) is 5.02 Å². The summed E-state index contributed by atoms with van der Waals surface area (Å²) in [4.78, 5) is 24.5. The van der Waals surface area contributed by atoms with Gasteiger partial charge in [-0.1, -0.05) is 51.8 Å². The number of carbonyl (C=O) groups is 2. The predicted octanol–water partition coefficient (Wildman–Crippen LogP) is 5.37. The molecule has 0 atom stereocenters. The van der Waals surface area contributed by atoms with Crippen molar-refractivity contribution in [1.29, 1.82) is 0 Å². The molecule has 0 heterocycles. The molecule has 0 aliphatic heterocycles. The van der Waals surface area contributed by atoms with Crippen LogP contribution < -0.4 is 15.4 Å². The smallest absolute Gasteiger partial charge is 0.262 e. The van der Waals surface area contributed by atoms with Crippen molar-refractivity contribution in [2.45, 2.75) is 0 Å². The van der Waals surface area contributed by atoms with E-state index in [0.29, 0.717) is 27.7 Å². The van der Waals surface area contributed by atoms with Gasteiger partial charge in [-0.3, -0.25) is 9.59 Å². The minimum Gasteiger partial charge on any atom is -0.482 e. The zero-order valence-electron chi connectivity index (χ0n) is 14.6. The van der Waals surface area contributed by atoms with E-state index >= 15 is 0 Å². The van der Waals surface area contributed by atoms with Gasteiger partial charge in [0.2, 0.25) is 0 Å². The molecule has 0 radical (unpaired) electrons. The van der Waals surface area contributed by atoms with Crippen molar-refractivity contribution in [3.63, 3.8) is 0 Å². The molecule has 0 aliphatic carbocycles. The fourth-order valence-electron chi connectivity index (χ4n) is 2.40. The summed E-state index contributed by atoms with van der Waals surface area (Å²) < 4.78 is 6.26. The van der Waals surface area contributed by atoms with Crippen LogP contribution in [-0.4, -0.2) is 18.4 Å². The van der Waals surface area contributed by atoms with E-state index in [1.165, 1.54) is 0 Å².